The Morgan fingerprint density at radius 3 is 2.23 bits per heavy atom. The molecule has 9 nitrogen and oxygen atoms in total. The summed E-state index contributed by atoms with van der Waals surface area (Å²) in [6.07, 6.45) is 0.350. The average molecular weight is 568 g/mol. The zero-order chi connectivity index (χ0) is 29.3. The van der Waals surface area contributed by atoms with Crippen molar-refractivity contribution in [2.45, 2.75) is 44.7 Å². The topological polar surface area (TPSA) is 105 Å². The number of para-hydroxylation sites is 2. The lowest BCUT2D eigenvalue weighted by Gasteiger charge is -2.33. The smallest absolute Gasteiger partial charge is 0.264 e. The fraction of sp³-hybridized carbons (Fsp3) is 0.333. The molecule has 40 heavy (non-hydrogen) atoms. The summed E-state index contributed by atoms with van der Waals surface area (Å²) in [5.41, 5.74) is 2.04. The third kappa shape index (κ3) is 7.12. The van der Waals surface area contributed by atoms with Gasteiger partial charge in [0.05, 0.1) is 24.8 Å². The van der Waals surface area contributed by atoms with E-state index in [1.807, 2.05) is 45.0 Å². The van der Waals surface area contributed by atoms with E-state index in [-0.39, 0.29) is 28.8 Å². The van der Waals surface area contributed by atoms with Crippen LogP contribution < -0.4 is 19.1 Å². The second kappa shape index (κ2) is 13.8. The average Bonchev–Trinajstić information content (AvgIpc) is 2.95. The number of hydrogen-bond donors (Lipinski definition) is 1. The molecule has 1 atom stereocenters. The van der Waals surface area contributed by atoms with Crippen LogP contribution in [0.3, 0.4) is 0 Å². The maximum absolute atomic E-state index is 14.1. The van der Waals surface area contributed by atoms with E-state index in [1.165, 1.54) is 31.3 Å². The van der Waals surface area contributed by atoms with E-state index in [0.717, 1.165) is 15.4 Å². The first kappa shape index (κ1) is 30.5. The Morgan fingerprint density at radius 1 is 0.925 bits per heavy atom. The van der Waals surface area contributed by atoms with Crippen LogP contribution in [0, 0.1) is 6.92 Å². The Hall–Kier alpha value is -4.05. The molecular weight excluding hydrogens is 530 g/mol. The van der Waals surface area contributed by atoms with E-state index in [1.54, 1.807) is 36.4 Å². The van der Waals surface area contributed by atoms with Gasteiger partial charge in [-0.15, -0.1) is 0 Å². The molecule has 10 heteroatoms. The fourth-order valence-electron chi connectivity index (χ4n) is 4.44. The highest BCUT2D eigenvalue weighted by Gasteiger charge is 2.34. The zero-order valence-electron chi connectivity index (χ0n) is 23.6. The summed E-state index contributed by atoms with van der Waals surface area (Å²) in [4.78, 5) is 28.6. The Balaban J connectivity index is 2.10. The van der Waals surface area contributed by atoms with Crippen LogP contribution in [0.1, 0.15) is 31.4 Å². The van der Waals surface area contributed by atoms with Crippen LogP contribution in [0.5, 0.6) is 11.5 Å². The van der Waals surface area contributed by atoms with Gasteiger partial charge in [0, 0.05) is 13.1 Å². The number of rotatable bonds is 13. The summed E-state index contributed by atoms with van der Waals surface area (Å²) in [5.74, 6) is -0.0419. The number of sulfonamides is 1. The van der Waals surface area contributed by atoms with Crippen molar-refractivity contribution in [1.82, 2.24) is 10.2 Å². The minimum atomic E-state index is -4.23. The van der Waals surface area contributed by atoms with Crippen molar-refractivity contribution in [1.29, 1.82) is 0 Å². The number of methoxy groups -OCH3 is 2. The van der Waals surface area contributed by atoms with Crippen molar-refractivity contribution in [2.75, 3.05) is 31.6 Å². The van der Waals surface area contributed by atoms with Gasteiger partial charge >= 0.3 is 0 Å². The number of benzene rings is 3. The summed E-state index contributed by atoms with van der Waals surface area (Å²) in [5, 5.41) is 2.80. The zero-order valence-corrected chi connectivity index (χ0v) is 24.4. The largest absolute Gasteiger partial charge is 0.497 e. The van der Waals surface area contributed by atoms with Gasteiger partial charge in [-0.25, -0.2) is 8.42 Å². The lowest BCUT2D eigenvalue weighted by Crippen LogP contribution is -2.52. The standard InChI is InChI=1S/C30H37N3O6S/c1-6-26(30(35)31-7-2)32(20-23-12-10-11-22(3)19-23)29(34)21-33(27-13-8-9-14-28(27)39-5)40(36,37)25-17-15-24(38-4)16-18-25/h8-19,26H,6-7,20-21H2,1-5H3,(H,31,35)/t26-/m0/s1. The molecule has 0 saturated carbocycles. The Bertz CT molecular complexity index is 1410. The normalized spacial score (nSPS) is 11.8. The molecule has 3 rings (SSSR count). The van der Waals surface area contributed by atoms with Gasteiger partial charge in [0.2, 0.25) is 11.8 Å². The van der Waals surface area contributed by atoms with Gasteiger partial charge in [0.1, 0.15) is 24.1 Å². The number of hydrogen-bond acceptors (Lipinski definition) is 6. The Morgan fingerprint density at radius 2 is 1.62 bits per heavy atom. The first-order valence-electron chi connectivity index (χ1n) is 13.1. The van der Waals surface area contributed by atoms with E-state index in [2.05, 4.69) is 5.32 Å². The molecule has 2 amide bonds. The summed E-state index contributed by atoms with van der Waals surface area (Å²) in [7, 11) is -1.31. The molecule has 0 saturated heterocycles. The highest BCUT2D eigenvalue weighted by molar-refractivity contribution is 7.92. The number of carbonyl (C=O) groups is 2. The van der Waals surface area contributed by atoms with Gasteiger partial charge in [-0.2, -0.15) is 0 Å². The third-order valence-electron chi connectivity index (χ3n) is 6.45. The van der Waals surface area contributed by atoms with Gasteiger partial charge in [0.25, 0.3) is 10.0 Å². The van der Waals surface area contributed by atoms with Crippen molar-refractivity contribution in [2.24, 2.45) is 0 Å². The van der Waals surface area contributed by atoms with Gasteiger partial charge in [-0.1, -0.05) is 48.9 Å². The number of amides is 2. The van der Waals surface area contributed by atoms with Crippen molar-refractivity contribution in [3.63, 3.8) is 0 Å². The highest BCUT2D eigenvalue weighted by Crippen LogP contribution is 2.33. The molecule has 0 aliphatic carbocycles. The van der Waals surface area contributed by atoms with E-state index in [9.17, 15) is 18.0 Å². The summed E-state index contributed by atoms with van der Waals surface area (Å²) in [6.45, 7) is 5.57. The molecule has 0 unspecified atom stereocenters. The predicted octanol–water partition coefficient (Wildman–Crippen LogP) is 4.15. The van der Waals surface area contributed by atoms with Crippen molar-refractivity contribution >= 4 is 27.5 Å². The lowest BCUT2D eigenvalue weighted by molar-refractivity contribution is -0.140. The minimum Gasteiger partial charge on any atom is -0.497 e. The van der Waals surface area contributed by atoms with Crippen molar-refractivity contribution < 1.29 is 27.5 Å². The fourth-order valence-corrected chi connectivity index (χ4v) is 5.87. The molecule has 0 bridgehead atoms. The molecule has 0 aliphatic rings. The summed E-state index contributed by atoms with van der Waals surface area (Å²) in [6, 6.07) is 19.4. The number of carbonyl (C=O) groups excluding carboxylic acids is 2. The molecule has 0 radical (unpaired) electrons. The maximum atomic E-state index is 14.1. The third-order valence-corrected chi connectivity index (χ3v) is 8.23. The van der Waals surface area contributed by atoms with Gasteiger partial charge in [-0.3, -0.25) is 13.9 Å². The van der Waals surface area contributed by atoms with Gasteiger partial charge in [0.15, 0.2) is 0 Å². The van der Waals surface area contributed by atoms with Crippen LogP contribution in [-0.2, 0) is 26.2 Å². The second-order valence-corrected chi connectivity index (χ2v) is 11.1. The molecule has 0 aliphatic heterocycles. The van der Waals surface area contributed by atoms with Crippen LogP contribution in [0.4, 0.5) is 5.69 Å². The summed E-state index contributed by atoms with van der Waals surface area (Å²) >= 11 is 0. The Labute approximate surface area is 236 Å². The van der Waals surface area contributed by atoms with Crippen molar-refractivity contribution in [3.8, 4) is 11.5 Å². The van der Waals surface area contributed by atoms with E-state index in [4.69, 9.17) is 9.47 Å². The molecule has 0 fully saturated rings. The second-order valence-electron chi connectivity index (χ2n) is 9.19. The Kier molecular flexibility index (Phi) is 10.6. The molecule has 3 aromatic rings. The predicted molar refractivity (Wildman–Crippen MR) is 155 cm³/mol. The number of aryl methyl sites for hydroxylation is 1. The van der Waals surface area contributed by atoms with Gasteiger partial charge < -0.3 is 19.7 Å². The SMILES string of the molecule is CCNC(=O)[C@H](CC)N(Cc1cccc(C)c1)C(=O)CN(c1ccccc1OC)S(=O)(=O)c1ccc(OC)cc1. The van der Waals surface area contributed by atoms with Crippen LogP contribution in [0.15, 0.2) is 77.7 Å². The number of likely N-dealkylation sites (N-methyl/N-ethyl adjacent to an activating group) is 1. The molecular formula is C30H37N3O6S. The first-order chi connectivity index (χ1) is 19.2. The number of nitrogens with zero attached hydrogens (tertiary/aromatic N) is 2. The first-order valence-corrected chi connectivity index (χ1v) is 14.5. The minimum absolute atomic E-state index is 0.0204. The summed E-state index contributed by atoms with van der Waals surface area (Å²) < 4.78 is 39.7. The number of ether oxygens (including phenoxy) is 2. The van der Waals surface area contributed by atoms with Gasteiger partial charge in [-0.05, 0) is 62.2 Å². The van der Waals surface area contributed by atoms with Crippen LogP contribution in [0.25, 0.3) is 0 Å². The van der Waals surface area contributed by atoms with E-state index >= 15 is 0 Å². The molecule has 214 valence electrons. The highest BCUT2D eigenvalue weighted by atomic mass is 32.2. The molecule has 3 aromatic carbocycles. The van der Waals surface area contributed by atoms with Crippen molar-refractivity contribution in [3.05, 3.63) is 83.9 Å². The maximum Gasteiger partial charge on any atom is 0.264 e. The lowest BCUT2D eigenvalue weighted by atomic mass is 10.1. The molecule has 0 aromatic heterocycles. The van der Waals surface area contributed by atoms with E-state index < -0.39 is 28.5 Å². The molecule has 1 N–H and O–H groups in total. The quantitative estimate of drug-likeness (QED) is 0.333. The van der Waals surface area contributed by atoms with E-state index in [0.29, 0.717) is 18.7 Å². The number of nitrogens with one attached hydrogen (secondary N) is 1. The molecule has 0 spiro atoms. The molecule has 0 heterocycles. The number of anilines is 1. The monoisotopic (exact) mass is 567 g/mol. The van der Waals surface area contributed by atoms with Crippen LogP contribution in [-0.4, -0.2) is 58.5 Å². The van der Waals surface area contributed by atoms with Crippen LogP contribution in [0.2, 0.25) is 0 Å². The van der Waals surface area contributed by atoms with Crippen LogP contribution >= 0.6 is 0 Å².